The number of hydrogen-bond donors (Lipinski definition) is 1. The zero-order valence-corrected chi connectivity index (χ0v) is 16.8. The minimum atomic E-state index is -0.0695. The second kappa shape index (κ2) is 7.56. The molecule has 1 aliphatic heterocycles. The summed E-state index contributed by atoms with van der Waals surface area (Å²) >= 11 is 1.66. The van der Waals surface area contributed by atoms with Crippen LogP contribution in [0.15, 0.2) is 47.8 Å². The van der Waals surface area contributed by atoms with Gasteiger partial charge in [-0.25, -0.2) is 0 Å². The number of ether oxygens (including phenoxy) is 3. The highest BCUT2D eigenvalue weighted by atomic mass is 32.1. The summed E-state index contributed by atoms with van der Waals surface area (Å²) in [4.78, 5) is 13.7. The quantitative estimate of drug-likeness (QED) is 0.667. The highest BCUT2D eigenvalue weighted by Crippen LogP contribution is 2.49. The van der Waals surface area contributed by atoms with Crippen LogP contribution in [-0.4, -0.2) is 27.2 Å². The van der Waals surface area contributed by atoms with Gasteiger partial charge < -0.3 is 19.5 Å². The number of amides is 1. The molecule has 0 bridgehead atoms. The van der Waals surface area contributed by atoms with Gasteiger partial charge >= 0.3 is 0 Å². The molecule has 1 N–H and O–H groups in total. The van der Waals surface area contributed by atoms with Gasteiger partial charge in [0.2, 0.25) is 11.7 Å². The zero-order chi connectivity index (χ0) is 19.7. The maximum absolute atomic E-state index is 12.5. The monoisotopic (exact) mass is 395 g/mol. The Hall–Kier alpha value is -2.99. The molecule has 4 rings (SSSR count). The van der Waals surface area contributed by atoms with Crippen LogP contribution in [0.25, 0.3) is 11.1 Å². The smallest absolute Gasteiger partial charge is 0.225 e. The Balaban J connectivity index is 1.83. The van der Waals surface area contributed by atoms with Crippen molar-refractivity contribution in [1.29, 1.82) is 0 Å². The molecule has 0 aliphatic carbocycles. The van der Waals surface area contributed by atoms with E-state index in [1.807, 2.05) is 30.3 Å². The van der Waals surface area contributed by atoms with E-state index in [-0.39, 0.29) is 11.8 Å². The highest BCUT2D eigenvalue weighted by Gasteiger charge is 2.31. The fourth-order valence-electron chi connectivity index (χ4n) is 3.63. The predicted octanol–water partition coefficient (Wildman–Crippen LogP) is 4.92. The fraction of sp³-hybridized carbons (Fsp3) is 0.227. The topological polar surface area (TPSA) is 56.8 Å². The van der Waals surface area contributed by atoms with Crippen molar-refractivity contribution in [2.45, 2.75) is 12.3 Å². The van der Waals surface area contributed by atoms with E-state index in [1.54, 1.807) is 32.7 Å². The molecule has 2 heterocycles. The molecule has 0 saturated carbocycles. The molecule has 28 heavy (non-hydrogen) atoms. The van der Waals surface area contributed by atoms with Gasteiger partial charge in [0, 0.05) is 28.2 Å². The maximum Gasteiger partial charge on any atom is 0.225 e. The standard InChI is InChI=1S/C22H21NO4S/c1-25-17-9-14(10-18(26-2)21(17)27-3)15-11-19(24)23-20-16(12-28-22(15)20)13-7-5-4-6-8-13/h4-10,12,15H,11H2,1-3H3,(H,23,24). The maximum atomic E-state index is 12.5. The largest absolute Gasteiger partial charge is 0.493 e. The first kappa shape index (κ1) is 18.4. The number of rotatable bonds is 5. The molecule has 1 atom stereocenters. The van der Waals surface area contributed by atoms with E-state index in [0.29, 0.717) is 23.7 Å². The molecule has 6 heteroatoms. The van der Waals surface area contributed by atoms with E-state index in [0.717, 1.165) is 27.3 Å². The summed E-state index contributed by atoms with van der Waals surface area (Å²) < 4.78 is 16.4. The number of benzene rings is 2. The Morgan fingerprint density at radius 2 is 1.68 bits per heavy atom. The highest BCUT2D eigenvalue weighted by molar-refractivity contribution is 7.11. The molecule has 3 aromatic rings. The lowest BCUT2D eigenvalue weighted by atomic mass is 9.88. The molecule has 1 amide bonds. The number of anilines is 1. The van der Waals surface area contributed by atoms with Crippen molar-refractivity contribution < 1.29 is 19.0 Å². The van der Waals surface area contributed by atoms with Crippen molar-refractivity contribution in [3.05, 3.63) is 58.3 Å². The molecule has 144 valence electrons. The molecule has 1 aromatic heterocycles. The summed E-state index contributed by atoms with van der Waals surface area (Å²) in [7, 11) is 4.77. The van der Waals surface area contributed by atoms with Gasteiger partial charge in [-0.2, -0.15) is 0 Å². The van der Waals surface area contributed by atoms with E-state index >= 15 is 0 Å². The Morgan fingerprint density at radius 1 is 1.00 bits per heavy atom. The van der Waals surface area contributed by atoms with Gasteiger partial charge in [0.05, 0.1) is 27.0 Å². The molecular weight excluding hydrogens is 374 g/mol. The van der Waals surface area contributed by atoms with Gasteiger partial charge in [-0.05, 0) is 23.3 Å². The summed E-state index contributed by atoms with van der Waals surface area (Å²) in [5.41, 5.74) is 4.00. The van der Waals surface area contributed by atoms with E-state index < -0.39 is 0 Å². The minimum absolute atomic E-state index is 0.00170. The van der Waals surface area contributed by atoms with Crippen LogP contribution in [0.4, 0.5) is 5.69 Å². The number of carbonyl (C=O) groups is 1. The fourth-order valence-corrected chi connectivity index (χ4v) is 4.79. The van der Waals surface area contributed by atoms with Crippen molar-refractivity contribution in [1.82, 2.24) is 0 Å². The first-order valence-corrected chi connectivity index (χ1v) is 9.80. The van der Waals surface area contributed by atoms with E-state index in [4.69, 9.17) is 14.2 Å². The lowest BCUT2D eigenvalue weighted by molar-refractivity contribution is -0.116. The Kier molecular flexibility index (Phi) is 4.96. The van der Waals surface area contributed by atoms with Gasteiger partial charge in [0.15, 0.2) is 11.5 Å². The summed E-state index contributed by atoms with van der Waals surface area (Å²) in [6, 6.07) is 13.9. The van der Waals surface area contributed by atoms with Gasteiger partial charge in [-0.3, -0.25) is 4.79 Å². The minimum Gasteiger partial charge on any atom is -0.493 e. The van der Waals surface area contributed by atoms with Crippen LogP contribution in [0.2, 0.25) is 0 Å². The van der Waals surface area contributed by atoms with Crippen LogP contribution in [-0.2, 0) is 4.79 Å². The van der Waals surface area contributed by atoms with Crippen LogP contribution < -0.4 is 19.5 Å². The lowest BCUT2D eigenvalue weighted by Gasteiger charge is -2.25. The van der Waals surface area contributed by atoms with Gasteiger partial charge in [0.1, 0.15) is 0 Å². The second-order valence-corrected chi connectivity index (χ2v) is 7.43. The molecule has 1 aliphatic rings. The van der Waals surface area contributed by atoms with Crippen LogP contribution in [0.5, 0.6) is 17.2 Å². The van der Waals surface area contributed by atoms with E-state index in [1.165, 1.54) is 0 Å². The molecule has 0 spiro atoms. The van der Waals surface area contributed by atoms with Crippen molar-refractivity contribution in [3.63, 3.8) is 0 Å². The number of fused-ring (bicyclic) bond motifs is 1. The molecule has 0 fully saturated rings. The molecule has 5 nitrogen and oxygen atoms in total. The average Bonchev–Trinajstić information content (AvgIpc) is 3.16. The van der Waals surface area contributed by atoms with Crippen LogP contribution in [0.1, 0.15) is 22.8 Å². The second-order valence-electron chi connectivity index (χ2n) is 6.52. The molecule has 2 aromatic carbocycles. The van der Waals surface area contributed by atoms with E-state index in [9.17, 15) is 4.79 Å². The Morgan fingerprint density at radius 3 is 2.29 bits per heavy atom. The Bertz CT molecular complexity index is 988. The summed E-state index contributed by atoms with van der Waals surface area (Å²) in [6.07, 6.45) is 0.375. The SMILES string of the molecule is COc1cc(C2CC(=O)Nc3c(-c4ccccc4)csc32)cc(OC)c1OC. The van der Waals surface area contributed by atoms with Crippen LogP contribution in [0, 0.1) is 0 Å². The first-order valence-electron chi connectivity index (χ1n) is 8.92. The number of methoxy groups -OCH3 is 3. The van der Waals surface area contributed by atoms with Crippen molar-refractivity contribution in [3.8, 4) is 28.4 Å². The summed E-state index contributed by atoms with van der Waals surface area (Å²) in [6.45, 7) is 0. The van der Waals surface area contributed by atoms with Crippen LogP contribution >= 0.6 is 11.3 Å². The van der Waals surface area contributed by atoms with Crippen molar-refractivity contribution >= 4 is 22.9 Å². The van der Waals surface area contributed by atoms with Crippen LogP contribution in [0.3, 0.4) is 0 Å². The normalized spacial score (nSPS) is 15.5. The van der Waals surface area contributed by atoms with Crippen molar-refractivity contribution in [2.24, 2.45) is 0 Å². The van der Waals surface area contributed by atoms with Gasteiger partial charge in [-0.15, -0.1) is 11.3 Å². The number of carbonyl (C=O) groups excluding carboxylic acids is 1. The Labute approximate surface area is 167 Å². The third-order valence-corrected chi connectivity index (χ3v) is 6.06. The molecule has 1 unspecified atom stereocenters. The summed E-state index contributed by atoms with van der Waals surface area (Å²) in [5.74, 6) is 1.65. The van der Waals surface area contributed by atoms with Crippen molar-refractivity contribution in [2.75, 3.05) is 26.6 Å². The number of nitrogens with one attached hydrogen (secondary N) is 1. The van der Waals surface area contributed by atoms with Gasteiger partial charge in [-0.1, -0.05) is 30.3 Å². The van der Waals surface area contributed by atoms with Gasteiger partial charge in [0.25, 0.3) is 0 Å². The molecule has 0 radical (unpaired) electrons. The predicted molar refractivity (Wildman–Crippen MR) is 111 cm³/mol. The number of hydrogen-bond acceptors (Lipinski definition) is 5. The average molecular weight is 395 g/mol. The first-order chi connectivity index (χ1) is 13.7. The lowest BCUT2D eigenvalue weighted by Crippen LogP contribution is -2.22. The third kappa shape index (κ3) is 3.10. The molecule has 0 saturated heterocycles. The number of thiophene rings is 1. The van der Waals surface area contributed by atoms with E-state index in [2.05, 4.69) is 22.8 Å². The summed E-state index contributed by atoms with van der Waals surface area (Å²) in [5, 5.41) is 5.18. The molecular formula is C22H21NO4S. The zero-order valence-electron chi connectivity index (χ0n) is 15.9. The third-order valence-electron chi connectivity index (χ3n) is 4.96.